The number of nitrogens with zero attached hydrogens (tertiary/aromatic N) is 8. The lowest BCUT2D eigenvalue weighted by Gasteiger charge is -1.99. The zero-order valence-corrected chi connectivity index (χ0v) is 21.9. The van der Waals surface area contributed by atoms with E-state index in [4.69, 9.17) is 0 Å². The summed E-state index contributed by atoms with van der Waals surface area (Å²) in [4.78, 5) is 26.7. The number of hydrogen-bond acceptors (Lipinski definition) is 10. The van der Waals surface area contributed by atoms with E-state index in [2.05, 4.69) is 30.6 Å². The molecular weight excluding hydrogens is 520 g/mol. The van der Waals surface area contributed by atoms with Gasteiger partial charge in [-0.2, -0.15) is 19.2 Å². The molecule has 0 amide bonds. The van der Waals surface area contributed by atoms with Crippen molar-refractivity contribution in [3.63, 3.8) is 0 Å². The van der Waals surface area contributed by atoms with Gasteiger partial charge in [-0.05, 0) is 24.0 Å². The molecule has 0 N–H and O–H groups in total. The highest BCUT2D eigenvalue weighted by Gasteiger charge is 2.14. The summed E-state index contributed by atoms with van der Waals surface area (Å²) < 4.78 is 2.72. The Bertz CT molecular complexity index is 1690. The lowest BCUT2D eigenvalue weighted by atomic mass is 10.1. The Morgan fingerprint density at radius 3 is 1.42 bits per heavy atom. The zero-order valence-electron chi connectivity index (χ0n) is 20.2. The molecule has 12 heteroatoms. The van der Waals surface area contributed by atoms with Gasteiger partial charge in [0, 0.05) is 25.7 Å². The minimum atomic E-state index is -0.228. The van der Waals surface area contributed by atoms with Gasteiger partial charge in [0.05, 0.1) is 0 Å². The van der Waals surface area contributed by atoms with E-state index < -0.39 is 0 Å². The Kier molecular flexibility index (Phi) is 6.80. The summed E-state index contributed by atoms with van der Waals surface area (Å²) in [6, 6.07) is 19.4. The van der Waals surface area contributed by atoms with Crippen molar-refractivity contribution in [2.75, 3.05) is 0 Å². The van der Waals surface area contributed by atoms with Crippen LogP contribution in [0, 0.1) is 0 Å². The van der Waals surface area contributed by atoms with Crippen molar-refractivity contribution < 1.29 is 0 Å². The maximum Gasteiger partial charge on any atom is 0.297 e. The molecule has 0 fully saturated rings. The number of hydrogen-bond donors (Lipinski definition) is 0. The molecule has 6 rings (SSSR count). The standard InChI is InChI=1S/C26H22N8O2S2/c35-23-19(15-17-9-3-1-4-10-17)27-29-25-33(23)31-21(37-25)13-7-8-14-22-32-34-24(36)20(28-30-26(34)38-22)16-18-11-5-2-6-12-18/h1-6,9-12H,7-8,13-16H2. The molecule has 4 aromatic heterocycles. The highest BCUT2D eigenvalue weighted by molar-refractivity contribution is 7.16. The zero-order chi connectivity index (χ0) is 25.9. The Balaban J connectivity index is 1.09. The van der Waals surface area contributed by atoms with Crippen molar-refractivity contribution in [3.05, 3.63) is 114 Å². The monoisotopic (exact) mass is 542 g/mol. The average molecular weight is 543 g/mol. The molecule has 4 heterocycles. The minimum absolute atomic E-state index is 0.228. The van der Waals surface area contributed by atoms with Crippen LogP contribution in [-0.2, 0) is 25.7 Å². The van der Waals surface area contributed by atoms with Crippen LogP contribution in [0.2, 0.25) is 0 Å². The van der Waals surface area contributed by atoms with Crippen LogP contribution >= 0.6 is 22.7 Å². The molecular formula is C26H22N8O2S2. The second-order valence-corrected chi connectivity index (χ2v) is 10.9. The van der Waals surface area contributed by atoms with Crippen LogP contribution in [0.5, 0.6) is 0 Å². The third-order valence-electron chi connectivity index (χ3n) is 6.05. The number of fused-ring (bicyclic) bond motifs is 2. The maximum atomic E-state index is 12.9. The first-order valence-electron chi connectivity index (χ1n) is 12.2. The first-order valence-corrected chi connectivity index (χ1v) is 13.8. The van der Waals surface area contributed by atoms with Crippen LogP contribution in [0.3, 0.4) is 0 Å². The van der Waals surface area contributed by atoms with Crippen LogP contribution in [-0.4, -0.2) is 39.6 Å². The topological polar surface area (TPSA) is 120 Å². The smallest absolute Gasteiger partial charge is 0.265 e. The fourth-order valence-electron chi connectivity index (χ4n) is 4.13. The van der Waals surface area contributed by atoms with Gasteiger partial charge in [-0.15, -0.1) is 20.4 Å². The molecule has 0 saturated heterocycles. The van der Waals surface area contributed by atoms with Crippen LogP contribution in [0.25, 0.3) is 9.92 Å². The summed E-state index contributed by atoms with van der Waals surface area (Å²) in [6.45, 7) is 0. The van der Waals surface area contributed by atoms with Crippen LogP contribution in [0.1, 0.15) is 45.4 Å². The van der Waals surface area contributed by atoms with Crippen LogP contribution < -0.4 is 11.1 Å². The lowest BCUT2D eigenvalue weighted by molar-refractivity contribution is 0.699. The lowest BCUT2D eigenvalue weighted by Crippen LogP contribution is -2.22. The predicted octanol–water partition coefficient (Wildman–Crippen LogP) is 3.15. The van der Waals surface area contributed by atoms with Crippen LogP contribution in [0.4, 0.5) is 0 Å². The summed E-state index contributed by atoms with van der Waals surface area (Å²) in [7, 11) is 0. The SMILES string of the molecule is O=c1c(Cc2ccccc2)nnc2sc(CCCCc3nn4c(=O)c(Cc5ccccc5)nnc4s3)nn12. The average Bonchev–Trinajstić information content (AvgIpc) is 3.56. The quantitative estimate of drug-likeness (QED) is 0.256. The van der Waals surface area contributed by atoms with Gasteiger partial charge in [0.25, 0.3) is 11.1 Å². The van der Waals surface area contributed by atoms with E-state index >= 15 is 0 Å². The van der Waals surface area contributed by atoms with Gasteiger partial charge in [-0.3, -0.25) is 9.59 Å². The molecule has 0 aliphatic heterocycles. The highest BCUT2D eigenvalue weighted by Crippen LogP contribution is 2.17. The van der Waals surface area contributed by atoms with Gasteiger partial charge >= 0.3 is 0 Å². The maximum absolute atomic E-state index is 12.9. The second kappa shape index (κ2) is 10.7. The van der Waals surface area contributed by atoms with Gasteiger partial charge in [-0.1, -0.05) is 83.3 Å². The second-order valence-electron chi connectivity index (χ2n) is 8.82. The number of unbranched alkanes of at least 4 members (excludes halogenated alkanes) is 1. The summed E-state index contributed by atoms with van der Waals surface area (Å²) in [5, 5.41) is 27.4. The molecule has 0 unspecified atom stereocenters. The number of aryl methyl sites for hydroxylation is 2. The van der Waals surface area contributed by atoms with E-state index in [-0.39, 0.29) is 11.1 Å². The van der Waals surface area contributed by atoms with Gasteiger partial charge < -0.3 is 0 Å². The number of benzene rings is 2. The largest absolute Gasteiger partial charge is 0.297 e. The molecule has 2 aromatic carbocycles. The van der Waals surface area contributed by atoms with Gasteiger partial charge in [0.2, 0.25) is 9.92 Å². The van der Waals surface area contributed by atoms with Crippen molar-refractivity contribution in [1.82, 2.24) is 39.6 Å². The normalized spacial score (nSPS) is 11.5. The molecule has 0 spiro atoms. The summed E-state index contributed by atoms with van der Waals surface area (Å²) in [5.74, 6) is 0. The summed E-state index contributed by atoms with van der Waals surface area (Å²) >= 11 is 2.76. The molecule has 38 heavy (non-hydrogen) atoms. The van der Waals surface area contributed by atoms with E-state index in [1.807, 2.05) is 60.7 Å². The molecule has 0 radical (unpaired) electrons. The Hall–Kier alpha value is -4.16. The molecule has 0 atom stereocenters. The molecule has 0 saturated carbocycles. The molecule has 0 aliphatic rings. The molecule has 0 aliphatic carbocycles. The number of aromatic nitrogens is 8. The van der Waals surface area contributed by atoms with E-state index in [1.54, 1.807) is 0 Å². The molecule has 190 valence electrons. The summed E-state index contributed by atoms with van der Waals surface area (Å²) in [6.07, 6.45) is 3.99. The Morgan fingerprint density at radius 1 is 0.579 bits per heavy atom. The van der Waals surface area contributed by atoms with E-state index in [9.17, 15) is 9.59 Å². The first kappa shape index (κ1) is 24.2. The van der Waals surface area contributed by atoms with E-state index in [0.717, 1.165) is 34.0 Å². The Labute approximate surface area is 224 Å². The van der Waals surface area contributed by atoms with Crippen molar-refractivity contribution >= 4 is 32.6 Å². The van der Waals surface area contributed by atoms with Crippen molar-refractivity contribution in [2.24, 2.45) is 0 Å². The Morgan fingerprint density at radius 2 is 1.00 bits per heavy atom. The van der Waals surface area contributed by atoms with E-state index in [0.29, 0.717) is 47.0 Å². The van der Waals surface area contributed by atoms with Crippen molar-refractivity contribution in [3.8, 4) is 0 Å². The third-order valence-corrected chi connectivity index (χ3v) is 7.97. The molecule has 10 nitrogen and oxygen atoms in total. The first-order chi connectivity index (χ1) is 18.6. The van der Waals surface area contributed by atoms with Crippen molar-refractivity contribution in [2.45, 2.75) is 38.5 Å². The van der Waals surface area contributed by atoms with E-state index in [1.165, 1.54) is 31.7 Å². The van der Waals surface area contributed by atoms with Crippen LogP contribution in [0.15, 0.2) is 70.3 Å². The minimum Gasteiger partial charge on any atom is -0.265 e. The van der Waals surface area contributed by atoms with Crippen molar-refractivity contribution in [1.29, 1.82) is 0 Å². The van der Waals surface area contributed by atoms with Gasteiger partial charge in [-0.25, -0.2) is 0 Å². The summed E-state index contributed by atoms with van der Waals surface area (Å²) in [5.41, 5.74) is 2.32. The fraction of sp³-hybridized carbons (Fsp3) is 0.231. The van der Waals surface area contributed by atoms with Gasteiger partial charge in [0.15, 0.2) is 0 Å². The predicted molar refractivity (Wildman–Crippen MR) is 145 cm³/mol. The van der Waals surface area contributed by atoms with Gasteiger partial charge in [0.1, 0.15) is 21.4 Å². The third kappa shape index (κ3) is 5.13. The fourth-order valence-corrected chi connectivity index (χ4v) is 5.87. The highest BCUT2D eigenvalue weighted by atomic mass is 32.1. The molecule has 6 aromatic rings. The number of rotatable bonds is 9. The molecule has 0 bridgehead atoms.